The second-order valence-corrected chi connectivity index (χ2v) is 5.12. The van der Waals surface area contributed by atoms with Crippen molar-refractivity contribution in [2.24, 2.45) is 5.73 Å². The van der Waals surface area contributed by atoms with E-state index in [1.165, 1.54) is 0 Å². The van der Waals surface area contributed by atoms with Crippen molar-refractivity contribution in [2.75, 3.05) is 0 Å². The Hall–Kier alpha value is -2.17. The summed E-state index contributed by atoms with van der Waals surface area (Å²) in [6.07, 6.45) is -0.413. The molecule has 0 fully saturated rings. The zero-order chi connectivity index (χ0) is 15.8. The Morgan fingerprint density at radius 3 is 2.00 bits per heavy atom. The van der Waals surface area contributed by atoms with E-state index in [2.05, 4.69) is 0 Å². The average molecular weight is 299 g/mol. The Bertz CT molecular complexity index is 571. The minimum absolute atomic E-state index is 0.221. The zero-order valence-corrected chi connectivity index (χ0v) is 12.6. The minimum atomic E-state index is -0.799. The second kappa shape index (κ2) is 8.32. The van der Waals surface area contributed by atoms with E-state index in [4.69, 9.17) is 15.2 Å². The molecular weight excluding hydrogens is 278 g/mol. The molecule has 2 aromatic rings. The highest BCUT2D eigenvalue weighted by Gasteiger charge is 2.23. The van der Waals surface area contributed by atoms with Crippen LogP contribution in [0.15, 0.2) is 60.7 Å². The van der Waals surface area contributed by atoms with Gasteiger partial charge in [0.15, 0.2) is 0 Å². The lowest BCUT2D eigenvalue weighted by Gasteiger charge is -2.19. The van der Waals surface area contributed by atoms with Gasteiger partial charge in [-0.3, -0.25) is 4.79 Å². The molecular formula is C18H21NO3. The van der Waals surface area contributed by atoms with Gasteiger partial charge in [0.1, 0.15) is 12.6 Å². The molecule has 0 aliphatic rings. The van der Waals surface area contributed by atoms with Crippen LogP contribution in [0.4, 0.5) is 0 Å². The van der Waals surface area contributed by atoms with Crippen molar-refractivity contribution in [3.05, 3.63) is 71.8 Å². The molecule has 0 bridgehead atoms. The van der Waals surface area contributed by atoms with Gasteiger partial charge in [-0.25, -0.2) is 0 Å². The quantitative estimate of drug-likeness (QED) is 0.798. The van der Waals surface area contributed by atoms with Crippen LogP contribution in [0.25, 0.3) is 0 Å². The Morgan fingerprint density at radius 2 is 1.45 bits per heavy atom. The van der Waals surface area contributed by atoms with E-state index in [1.54, 1.807) is 6.92 Å². The van der Waals surface area contributed by atoms with Crippen molar-refractivity contribution in [3.8, 4) is 0 Å². The van der Waals surface area contributed by atoms with Crippen molar-refractivity contribution in [3.63, 3.8) is 0 Å². The molecule has 0 aliphatic heterocycles. The molecule has 0 saturated heterocycles. The summed E-state index contributed by atoms with van der Waals surface area (Å²) in [5.41, 5.74) is 7.86. The summed E-state index contributed by atoms with van der Waals surface area (Å²) in [5, 5.41) is 0. The fraction of sp³-hybridized carbons (Fsp3) is 0.278. The topological polar surface area (TPSA) is 61.5 Å². The predicted octanol–water partition coefficient (Wildman–Crippen LogP) is 2.66. The van der Waals surface area contributed by atoms with Gasteiger partial charge in [0.2, 0.25) is 0 Å². The van der Waals surface area contributed by atoms with E-state index < -0.39 is 18.1 Å². The van der Waals surface area contributed by atoms with E-state index in [1.807, 2.05) is 60.7 Å². The molecule has 116 valence electrons. The molecule has 22 heavy (non-hydrogen) atoms. The molecule has 0 saturated carbocycles. The van der Waals surface area contributed by atoms with Crippen LogP contribution in [0.2, 0.25) is 0 Å². The van der Waals surface area contributed by atoms with Gasteiger partial charge in [0, 0.05) is 0 Å². The molecule has 2 aromatic carbocycles. The standard InChI is InChI=1S/C18H21NO3/c1-14(21-12-15-8-4-2-5-9-15)17(19)18(20)22-13-16-10-6-3-7-11-16/h2-11,14,17H,12-13,19H2,1H3. The molecule has 2 N–H and O–H groups in total. The Balaban J connectivity index is 1.77. The van der Waals surface area contributed by atoms with Crippen LogP contribution in [0, 0.1) is 0 Å². The summed E-state index contributed by atoms with van der Waals surface area (Å²) in [4.78, 5) is 11.9. The molecule has 2 unspecified atom stereocenters. The van der Waals surface area contributed by atoms with E-state index in [0.29, 0.717) is 6.61 Å². The van der Waals surface area contributed by atoms with Gasteiger partial charge in [-0.2, -0.15) is 0 Å². The van der Waals surface area contributed by atoms with Gasteiger partial charge in [-0.05, 0) is 18.1 Å². The number of nitrogens with two attached hydrogens (primary N) is 1. The van der Waals surface area contributed by atoms with E-state index in [9.17, 15) is 4.79 Å². The third-order valence-electron chi connectivity index (χ3n) is 3.36. The largest absolute Gasteiger partial charge is 0.460 e. The van der Waals surface area contributed by atoms with Gasteiger partial charge in [-0.15, -0.1) is 0 Å². The van der Waals surface area contributed by atoms with Crippen LogP contribution in [0.1, 0.15) is 18.1 Å². The number of benzene rings is 2. The van der Waals surface area contributed by atoms with Crippen LogP contribution in [-0.2, 0) is 27.5 Å². The number of hydrogen-bond donors (Lipinski definition) is 1. The minimum Gasteiger partial charge on any atom is -0.460 e. The normalized spacial score (nSPS) is 13.4. The SMILES string of the molecule is CC(OCc1ccccc1)C(N)C(=O)OCc1ccccc1. The molecule has 2 rings (SSSR count). The second-order valence-electron chi connectivity index (χ2n) is 5.12. The molecule has 4 nitrogen and oxygen atoms in total. The van der Waals surface area contributed by atoms with Crippen LogP contribution < -0.4 is 5.73 Å². The molecule has 0 aromatic heterocycles. The van der Waals surface area contributed by atoms with Crippen molar-refractivity contribution in [1.29, 1.82) is 0 Å². The van der Waals surface area contributed by atoms with E-state index >= 15 is 0 Å². The lowest BCUT2D eigenvalue weighted by molar-refractivity contribution is -0.150. The van der Waals surface area contributed by atoms with Gasteiger partial charge in [0.05, 0.1) is 12.7 Å². The Labute approximate surface area is 130 Å². The van der Waals surface area contributed by atoms with E-state index in [-0.39, 0.29) is 6.61 Å². The summed E-state index contributed by atoms with van der Waals surface area (Å²) >= 11 is 0. The van der Waals surface area contributed by atoms with Gasteiger partial charge in [-0.1, -0.05) is 60.7 Å². The maximum atomic E-state index is 11.9. The van der Waals surface area contributed by atoms with Crippen LogP contribution in [0.5, 0.6) is 0 Å². The third-order valence-corrected chi connectivity index (χ3v) is 3.36. The maximum absolute atomic E-state index is 11.9. The third kappa shape index (κ3) is 4.98. The first kappa shape index (κ1) is 16.2. The summed E-state index contributed by atoms with van der Waals surface area (Å²) < 4.78 is 10.9. The summed E-state index contributed by atoms with van der Waals surface area (Å²) in [6, 6.07) is 18.5. The number of esters is 1. The number of hydrogen-bond acceptors (Lipinski definition) is 4. The number of carbonyl (C=O) groups is 1. The smallest absolute Gasteiger partial charge is 0.325 e. The molecule has 0 amide bonds. The maximum Gasteiger partial charge on any atom is 0.325 e. The van der Waals surface area contributed by atoms with Gasteiger partial charge in [0.25, 0.3) is 0 Å². The highest BCUT2D eigenvalue weighted by molar-refractivity contribution is 5.76. The molecule has 0 heterocycles. The zero-order valence-electron chi connectivity index (χ0n) is 12.6. The molecule has 0 spiro atoms. The molecule has 0 radical (unpaired) electrons. The molecule has 4 heteroatoms. The lowest BCUT2D eigenvalue weighted by atomic mass is 10.2. The van der Waals surface area contributed by atoms with Crippen molar-refractivity contribution < 1.29 is 14.3 Å². The molecule has 0 aliphatic carbocycles. The summed E-state index contributed by atoms with van der Waals surface area (Å²) in [5.74, 6) is -0.454. The Kier molecular flexibility index (Phi) is 6.13. The fourth-order valence-electron chi connectivity index (χ4n) is 1.92. The van der Waals surface area contributed by atoms with Crippen LogP contribution in [0.3, 0.4) is 0 Å². The van der Waals surface area contributed by atoms with Gasteiger partial charge < -0.3 is 15.2 Å². The first-order chi connectivity index (χ1) is 10.7. The highest BCUT2D eigenvalue weighted by atomic mass is 16.5. The van der Waals surface area contributed by atoms with Crippen LogP contribution in [-0.4, -0.2) is 18.1 Å². The summed E-state index contributed by atoms with van der Waals surface area (Å²) in [7, 11) is 0. The fourth-order valence-corrected chi connectivity index (χ4v) is 1.92. The monoisotopic (exact) mass is 299 g/mol. The number of carbonyl (C=O) groups excluding carboxylic acids is 1. The van der Waals surface area contributed by atoms with Gasteiger partial charge >= 0.3 is 5.97 Å². The predicted molar refractivity (Wildman–Crippen MR) is 84.9 cm³/mol. The number of rotatable bonds is 7. The van der Waals surface area contributed by atoms with E-state index in [0.717, 1.165) is 11.1 Å². The molecule has 2 atom stereocenters. The number of ether oxygens (including phenoxy) is 2. The first-order valence-electron chi connectivity index (χ1n) is 7.28. The first-order valence-corrected chi connectivity index (χ1v) is 7.28. The van der Waals surface area contributed by atoms with Crippen molar-refractivity contribution in [2.45, 2.75) is 32.3 Å². The lowest BCUT2D eigenvalue weighted by Crippen LogP contribution is -2.42. The van der Waals surface area contributed by atoms with Crippen molar-refractivity contribution >= 4 is 5.97 Å². The average Bonchev–Trinajstić information content (AvgIpc) is 2.58. The van der Waals surface area contributed by atoms with Crippen LogP contribution >= 0.6 is 0 Å². The van der Waals surface area contributed by atoms with Crippen molar-refractivity contribution in [1.82, 2.24) is 0 Å². The highest BCUT2D eigenvalue weighted by Crippen LogP contribution is 2.07. The summed E-state index contributed by atoms with van der Waals surface area (Å²) in [6.45, 7) is 2.41. The Morgan fingerprint density at radius 1 is 0.955 bits per heavy atom.